The van der Waals surface area contributed by atoms with Gasteiger partial charge in [0, 0.05) is 18.8 Å². The normalized spacial score (nSPS) is 16.3. The molecule has 1 aliphatic heterocycles. The molecule has 1 unspecified atom stereocenters. The molecule has 2 aromatic rings. The molecule has 0 saturated carbocycles. The number of ether oxygens (including phenoxy) is 2. The molecule has 9 heteroatoms. The zero-order chi connectivity index (χ0) is 24.1. The molecule has 1 saturated heterocycles. The summed E-state index contributed by atoms with van der Waals surface area (Å²) in [6.45, 7) is 11.5. The highest BCUT2D eigenvalue weighted by molar-refractivity contribution is 7.19. The van der Waals surface area contributed by atoms with E-state index in [9.17, 15) is 14.4 Å². The molecular formula is C24H31N3O5S. The van der Waals surface area contributed by atoms with Crippen molar-refractivity contribution in [3.05, 3.63) is 45.3 Å². The number of amides is 2. The van der Waals surface area contributed by atoms with Crippen LogP contribution in [0.25, 0.3) is 0 Å². The molecule has 0 spiro atoms. The number of carbonyl (C=O) groups excluding carboxylic acids is 3. The minimum atomic E-state index is -0.563. The number of carbonyl (C=O) groups is 3. The monoisotopic (exact) mass is 473 g/mol. The molecule has 2 amide bonds. The highest BCUT2D eigenvalue weighted by Gasteiger charge is 2.28. The van der Waals surface area contributed by atoms with E-state index in [-0.39, 0.29) is 36.6 Å². The molecule has 178 valence electrons. The third kappa shape index (κ3) is 6.19. The Hall–Kier alpha value is -2.75. The molecule has 1 atom stereocenters. The van der Waals surface area contributed by atoms with Crippen LogP contribution in [0.1, 0.15) is 50.6 Å². The molecule has 33 heavy (non-hydrogen) atoms. The van der Waals surface area contributed by atoms with Gasteiger partial charge in [0.25, 0.3) is 5.91 Å². The van der Waals surface area contributed by atoms with Crippen LogP contribution < -0.4 is 10.6 Å². The molecule has 0 aliphatic carbocycles. The fraction of sp³-hybridized carbons (Fsp3) is 0.458. The van der Waals surface area contributed by atoms with Gasteiger partial charge >= 0.3 is 5.97 Å². The predicted octanol–water partition coefficient (Wildman–Crippen LogP) is 3.76. The van der Waals surface area contributed by atoms with Crippen molar-refractivity contribution in [3.8, 4) is 0 Å². The first kappa shape index (κ1) is 24.9. The van der Waals surface area contributed by atoms with E-state index in [0.717, 1.165) is 22.5 Å². The number of thiophene rings is 1. The van der Waals surface area contributed by atoms with Crippen molar-refractivity contribution in [3.63, 3.8) is 0 Å². The fourth-order valence-corrected chi connectivity index (χ4v) is 4.91. The summed E-state index contributed by atoms with van der Waals surface area (Å²) in [7, 11) is 0. The summed E-state index contributed by atoms with van der Waals surface area (Å²) in [5.74, 6) is -1.15. The smallest absolute Gasteiger partial charge is 0.341 e. The van der Waals surface area contributed by atoms with Crippen molar-refractivity contribution in [2.24, 2.45) is 0 Å². The zero-order valence-corrected chi connectivity index (χ0v) is 20.6. The predicted molar refractivity (Wildman–Crippen MR) is 129 cm³/mol. The number of aryl methyl sites for hydroxylation is 2. The van der Waals surface area contributed by atoms with Crippen LogP contribution in [0.15, 0.2) is 18.2 Å². The average Bonchev–Trinajstić information content (AvgIpc) is 3.06. The Morgan fingerprint density at radius 2 is 1.97 bits per heavy atom. The van der Waals surface area contributed by atoms with Crippen molar-refractivity contribution >= 4 is 39.8 Å². The van der Waals surface area contributed by atoms with Gasteiger partial charge in [0.15, 0.2) is 0 Å². The molecule has 1 aliphatic rings. The van der Waals surface area contributed by atoms with E-state index in [1.54, 1.807) is 13.8 Å². The third-order valence-electron chi connectivity index (χ3n) is 5.41. The summed E-state index contributed by atoms with van der Waals surface area (Å²) in [5.41, 5.74) is 3.44. The lowest BCUT2D eigenvalue weighted by Gasteiger charge is -2.30. The minimum Gasteiger partial charge on any atom is -0.462 e. The third-order valence-corrected chi connectivity index (χ3v) is 6.61. The summed E-state index contributed by atoms with van der Waals surface area (Å²) < 4.78 is 10.7. The SMILES string of the molecule is CCOC(=O)c1c(NC(=O)CN2CCOC(C)C2)sc(C(=O)Nc2ccc(C)cc2C)c1C. The van der Waals surface area contributed by atoms with Gasteiger partial charge in [0.05, 0.1) is 36.3 Å². The number of anilines is 2. The van der Waals surface area contributed by atoms with Gasteiger partial charge in [0.1, 0.15) is 5.00 Å². The van der Waals surface area contributed by atoms with Crippen LogP contribution in [-0.4, -0.2) is 61.6 Å². The lowest BCUT2D eigenvalue weighted by Crippen LogP contribution is -2.44. The Morgan fingerprint density at radius 3 is 2.64 bits per heavy atom. The first-order chi connectivity index (χ1) is 15.7. The topological polar surface area (TPSA) is 97.0 Å². The molecule has 1 aromatic carbocycles. The molecule has 8 nitrogen and oxygen atoms in total. The summed E-state index contributed by atoms with van der Waals surface area (Å²) in [5, 5.41) is 6.06. The van der Waals surface area contributed by atoms with Crippen molar-refractivity contribution in [1.82, 2.24) is 4.90 Å². The number of morpholine rings is 1. The lowest BCUT2D eigenvalue weighted by molar-refractivity contribution is -0.119. The molecule has 0 bridgehead atoms. The highest BCUT2D eigenvalue weighted by atomic mass is 32.1. The summed E-state index contributed by atoms with van der Waals surface area (Å²) in [4.78, 5) is 40.8. The van der Waals surface area contributed by atoms with Crippen molar-refractivity contribution in [2.45, 2.75) is 40.7 Å². The van der Waals surface area contributed by atoms with Gasteiger partial charge in [-0.15, -0.1) is 11.3 Å². The second-order valence-corrected chi connectivity index (χ2v) is 9.24. The number of benzene rings is 1. The fourth-order valence-electron chi connectivity index (χ4n) is 3.80. The van der Waals surface area contributed by atoms with E-state index in [1.807, 2.05) is 43.9 Å². The van der Waals surface area contributed by atoms with Gasteiger partial charge in [-0.1, -0.05) is 17.7 Å². The largest absolute Gasteiger partial charge is 0.462 e. The van der Waals surface area contributed by atoms with Gasteiger partial charge in [-0.2, -0.15) is 0 Å². The van der Waals surface area contributed by atoms with Gasteiger partial charge in [-0.25, -0.2) is 4.79 Å². The lowest BCUT2D eigenvalue weighted by atomic mass is 10.1. The number of nitrogens with zero attached hydrogens (tertiary/aromatic N) is 1. The maximum Gasteiger partial charge on any atom is 0.341 e. The Labute approximate surface area is 198 Å². The van der Waals surface area contributed by atoms with Gasteiger partial charge in [-0.3, -0.25) is 14.5 Å². The molecule has 3 rings (SSSR count). The molecule has 1 fully saturated rings. The Kier molecular flexibility index (Phi) is 8.23. The maximum absolute atomic E-state index is 13.1. The number of hydrogen-bond donors (Lipinski definition) is 2. The minimum absolute atomic E-state index is 0.0613. The zero-order valence-electron chi connectivity index (χ0n) is 19.7. The van der Waals surface area contributed by atoms with E-state index < -0.39 is 5.97 Å². The quantitative estimate of drug-likeness (QED) is 0.595. The van der Waals surface area contributed by atoms with Gasteiger partial charge < -0.3 is 20.1 Å². The number of rotatable bonds is 7. The van der Waals surface area contributed by atoms with E-state index in [4.69, 9.17) is 9.47 Å². The first-order valence-electron chi connectivity index (χ1n) is 11.0. The molecular weight excluding hydrogens is 442 g/mol. The molecule has 2 heterocycles. The second-order valence-electron chi connectivity index (χ2n) is 8.22. The van der Waals surface area contributed by atoms with Crippen LogP contribution in [-0.2, 0) is 14.3 Å². The Morgan fingerprint density at radius 1 is 1.21 bits per heavy atom. The van der Waals surface area contributed by atoms with E-state index in [2.05, 4.69) is 10.6 Å². The molecule has 1 aromatic heterocycles. The number of esters is 1. The standard InChI is InChI=1S/C24H31N3O5S/c1-6-31-24(30)20-17(5)21(22(29)25-18-8-7-14(2)11-15(18)3)33-23(20)26-19(28)13-27-9-10-32-16(4)12-27/h7-8,11,16H,6,9-10,12-13H2,1-5H3,(H,25,29)(H,26,28). The van der Waals surface area contributed by atoms with Crippen molar-refractivity contribution in [2.75, 3.05) is 43.5 Å². The number of nitrogens with one attached hydrogen (secondary N) is 2. The van der Waals surface area contributed by atoms with Crippen LogP contribution in [0.2, 0.25) is 0 Å². The van der Waals surface area contributed by atoms with E-state index >= 15 is 0 Å². The van der Waals surface area contributed by atoms with E-state index in [1.165, 1.54) is 0 Å². The van der Waals surface area contributed by atoms with Gasteiger partial charge in [-0.05, 0) is 51.8 Å². The van der Waals surface area contributed by atoms with Crippen LogP contribution >= 0.6 is 11.3 Å². The summed E-state index contributed by atoms with van der Waals surface area (Å²) >= 11 is 1.08. The molecule has 2 N–H and O–H groups in total. The molecule has 0 radical (unpaired) electrons. The average molecular weight is 474 g/mol. The Balaban J connectivity index is 1.83. The summed E-state index contributed by atoms with van der Waals surface area (Å²) in [6.07, 6.45) is 0.0613. The summed E-state index contributed by atoms with van der Waals surface area (Å²) in [6, 6.07) is 5.76. The maximum atomic E-state index is 13.1. The number of hydrogen-bond acceptors (Lipinski definition) is 7. The van der Waals surface area contributed by atoms with Crippen molar-refractivity contribution < 1.29 is 23.9 Å². The van der Waals surface area contributed by atoms with Crippen molar-refractivity contribution in [1.29, 1.82) is 0 Å². The van der Waals surface area contributed by atoms with E-state index in [0.29, 0.717) is 40.8 Å². The highest BCUT2D eigenvalue weighted by Crippen LogP contribution is 2.34. The van der Waals surface area contributed by atoms with Crippen LogP contribution in [0.4, 0.5) is 10.7 Å². The van der Waals surface area contributed by atoms with Crippen LogP contribution in [0.5, 0.6) is 0 Å². The van der Waals surface area contributed by atoms with Crippen LogP contribution in [0.3, 0.4) is 0 Å². The first-order valence-corrected chi connectivity index (χ1v) is 11.8. The van der Waals surface area contributed by atoms with Crippen LogP contribution in [0, 0.1) is 20.8 Å². The van der Waals surface area contributed by atoms with Gasteiger partial charge in [0.2, 0.25) is 5.91 Å². The second kappa shape index (κ2) is 10.9. The Bertz CT molecular complexity index is 1050.